The number of sulfone groups is 1. The van der Waals surface area contributed by atoms with Crippen LogP contribution in [0.5, 0.6) is 0 Å². The van der Waals surface area contributed by atoms with Crippen LogP contribution in [0.4, 0.5) is 4.79 Å². The number of nitrogens with zero attached hydrogens (tertiary/aromatic N) is 1. The molecule has 1 unspecified atom stereocenters. The van der Waals surface area contributed by atoms with Gasteiger partial charge in [0.25, 0.3) is 0 Å². The van der Waals surface area contributed by atoms with Gasteiger partial charge in [-0.2, -0.15) is 0 Å². The minimum atomic E-state index is -3.02. The number of methoxy groups -OCH3 is 1. The number of amides is 2. The van der Waals surface area contributed by atoms with Gasteiger partial charge in [0.1, 0.15) is 0 Å². The number of urea groups is 1. The maximum absolute atomic E-state index is 12.5. The second-order valence-electron chi connectivity index (χ2n) is 6.94. The summed E-state index contributed by atoms with van der Waals surface area (Å²) in [5, 5.41) is 2.99. The van der Waals surface area contributed by atoms with Gasteiger partial charge in [-0.1, -0.05) is 25.7 Å². The van der Waals surface area contributed by atoms with Gasteiger partial charge in [-0.25, -0.2) is 13.2 Å². The summed E-state index contributed by atoms with van der Waals surface area (Å²) < 4.78 is 29.2. The first-order valence-corrected chi connectivity index (χ1v) is 10.5. The Morgan fingerprint density at radius 3 is 2.48 bits per heavy atom. The molecule has 2 rings (SSSR count). The van der Waals surface area contributed by atoms with Crippen LogP contribution in [0, 0.1) is 0 Å². The molecule has 0 aromatic heterocycles. The Kier molecular flexibility index (Phi) is 6.31. The van der Waals surface area contributed by atoms with Gasteiger partial charge in [-0.3, -0.25) is 0 Å². The van der Waals surface area contributed by atoms with Crippen LogP contribution in [0.2, 0.25) is 0 Å². The molecule has 1 saturated carbocycles. The molecule has 0 radical (unpaired) electrons. The molecule has 7 heteroatoms. The highest BCUT2D eigenvalue weighted by Crippen LogP contribution is 2.29. The van der Waals surface area contributed by atoms with E-state index in [1.807, 2.05) is 6.92 Å². The van der Waals surface area contributed by atoms with E-state index in [-0.39, 0.29) is 35.7 Å². The monoisotopic (exact) mass is 346 g/mol. The SMILES string of the molecule is COC1(CNC(=O)N2CCS(=O)(=O)CCC2C)CCCCCC1. The van der Waals surface area contributed by atoms with E-state index in [2.05, 4.69) is 5.32 Å². The van der Waals surface area contributed by atoms with Crippen molar-refractivity contribution in [3.63, 3.8) is 0 Å². The zero-order valence-electron chi connectivity index (χ0n) is 14.3. The van der Waals surface area contributed by atoms with Gasteiger partial charge in [-0.15, -0.1) is 0 Å². The Labute approximate surface area is 139 Å². The Morgan fingerprint density at radius 1 is 1.22 bits per heavy atom. The molecule has 2 aliphatic rings. The van der Waals surface area contributed by atoms with Crippen LogP contribution in [0.25, 0.3) is 0 Å². The maximum Gasteiger partial charge on any atom is 0.317 e. The Hall–Kier alpha value is -0.820. The smallest absolute Gasteiger partial charge is 0.317 e. The topological polar surface area (TPSA) is 75.7 Å². The normalized spacial score (nSPS) is 27.7. The largest absolute Gasteiger partial charge is 0.376 e. The highest BCUT2D eigenvalue weighted by Gasteiger charge is 2.33. The van der Waals surface area contributed by atoms with Gasteiger partial charge in [0.05, 0.1) is 17.1 Å². The quantitative estimate of drug-likeness (QED) is 0.793. The zero-order valence-corrected chi connectivity index (χ0v) is 15.2. The predicted molar refractivity (Wildman–Crippen MR) is 90.3 cm³/mol. The fraction of sp³-hybridized carbons (Fsp3) is 0.938. The lowest BCUT2D eigenvalue weighted by atomic mass is 9.94. The predicted octanol–water partition coefficient (Wildman–Crippen LogP) is 1.94. The summed E-state index contributed by atoms with van der Waals surface area (Å²) in [6.07, 6.45) is 7.14. The minimum Gasteiger partial charge on any atom is -0.376 e. The second kappa shape index (κ2) is 7.83. The van der Waals surface area contributed by atoms with Crippen molar-refractivity contribution >= 4 is 15.9 Å². The molecule has 0 bridgehead atoms. The van der Waals surface area contributed by atoms with E-state index in [0.717, 1.165) is 25.7 Å². The fourth-order valence-electron chi connectivity index (χ4n) is 3.53. The van der Waals surface area contributed by atoms with E-state index in [1.165, 1.54) is 12.8 Å². The van der Waals surface area contributed by atoms with E-state index in [1.54, 1.807) is 12.0 Å². The number of hydrogen-bond donors (Lipinski definition) is 1. The van der Waals surface area contributed by atoms with E-state index in [9.17, 15) is 13.2 Å². The summed E-state index contributed by atoms with van der Waals surface area (Å²) in [6, 6.07) is -0.227. The number of carbonyl (C=O) groups excluding carboxylic acids is 1. The van der Waals surface area contributed by atoms with Gasteiger partial charge < -0.3 is 15.0 Å². The highest BCUT2D eigenvalue weighted by atomic mass is 32.2. The lowest BCUT2D eigenvalue weighted by molar-refractivity contribution is -0.0203. The molecule has 23 heavy (non-hydrogen) atoms. The minimum absolute atomic E-state index is 0.0556. The van der Waals surface area contributed by atoms with E-state index >= 15 is 0 Å². The maximum atomic E-state index is 12.5. The standard InChI is InChI=1S/C16H30N2O4S/c1-14-7-11-23(20,21)12-10-18(14)15(19)17-13-16(22-2)8-5-3-4-6-9-16/h14H,3-13H2,1-2H3,(H,17,19). The van der Waals surface area contributed by atoms with Crippen molar-refractivity contribution in [1.29, 1.82) is 0 Å². The summed E-state index contributed by atoms with van der Waals surface area (Å²) in [5.41, 5.74) is -0.271. The molecule has 6 nitrogen and oxygen atoms in total. The van der Waals surface area contributed by atoms with E-state index in [0.29, 0.717) is 13.0 Å². The lowest BCUT2D eigenvalue weighted by Gasteiger charge is -2.34. The molecule has 1 saturated heterocycles. The summed E-state index contributed by atoms with van der Waals surface area (Å²) in [5.74, 6) is 0.222. The molecule has 0 spiro atoms. The zero-order chi connectivity index (χ0) is 16.9. The van der Waals surface area contributed by atoms with Crippen molar-refractivity contribution in [2.75, 3.05) is 31.7 Å². The van der Waals surface area contributed by atoms with Crippen molar-refractivity contribution < 1.29 is 17.9 Å². The molecule has 1 aliphatic heterocycles. The van der Waals surface area contributed by atoms with Gasteiger partial charge in [0.15, 0.2) is 9.84 Å². The van der Waals surface area contributed by atoms with Crippen LogP contribution in [0.15, 0.2) is 0 Å². The molecule has 1 N–H and O–H groups in total. The molecule has 1 atom stereocenters. The third kappa shape index (κ3) is 5.08. The third-order valence-electron chi connectivity index (χ3n) is 5.29. The van der Waals surface area contributed by atoms with Crippen LogP contribution in [0.1, 0.15) is 51.9 Å². The van der Waals surface area contributed by atoms with Crippen LogP contribution < -0.4 is 5.32 Å². The van der Waals surface area contributed by atoms with Gasteiger partial charge in [0.2, 0.25) is 0 Å². The molecular formula is C16H30N2O4S. The third-order valence-corrected chi connectivity index (χ3v) is 6.95. The summed E-state index contributed by atoms with van der Waals surface area (Å²) >= 11 is 0. The molecular weight excluding hydrogens is 316 g/mol. The van der Waals surface area contributed by atoms with Gasteiger partial charge >= 0.3 is 6.03 Å². The number of hydrogen-bond acceptors (Lipinski definition) is 4. The van der Waals surface area contributed by atoms with Crippen molar-refractivity contribution in [3.8, 4) is 0 Å². The van der Waals surface area contributed by atoms with Crippen molar-refractivity contribution in [2.45, 2.75) is 63.5 Å². The highest BCUT2D eigenvalue weighted by molar-refractivity contribution is 7.91. The average Bonchev–Trinajstić information content (AvgIpc) is 2.83. The van der Waals surface area contributed by atoms with Gasteiger partial charge in [0, 0.05) is 26.2 Å². The molecule has 1 heterocycles. The number of ether oxygens (including phenoxy) is 1. The fourth-order valence-corrected chi connectivity index (χ4v) is 4.91. The van der Waals surface area contributed by atoms with E-state index < -0.39 is 9.84 Å². The van der Waals surface area contributed by atoms with Crippen molar-refractivity contribution in [1.82, 2.24) is 10.2 Å². The van der Waals surface area contributed by atoms with Crippen LogP contribution in [0.3, 0.4) is 0 Å². The molecule has 2 amide bonds. The average molecular weight is 346 g/mol. The summed E-state index contributed by atoms with van der Waals surface area (Å²) in [6.45, 7) is 2.69. The summed E-state index contributed by atoms with van der Waals surface area (Å²) in [7, 11) is -1.30. The molecule has 2 fully saturated rings. The number of rotatable bonds is 3. The first-order valence-electron chi connectivity index (χ1n) is 8.68. The Morgan fingerprint density at radius 2 is 1.87 bits per heavy atom. The number of nitrogens with one attached hydrogen (secondary N) is 1. The lowest BCUT2D eigenvalue weighted by Crippen LogP contribution is -2.51. The molecule has 0 aromatic carbocycles. The Balaban J connectivity index is 1.94. The Bertz CT molecular complexity index is 498. The van der Waals surface area contributed by atoms with Crippen LogP contribution >= 0.6 is 0 Å². The van der Waals surface area contributed by atoms with Crippen LogP contribution in [-0.4, -0.2) is 62.7 Å². The van der Waals surface area contributed by atoms with Gasteiger partial charge in [-0.05, 0) is 26.2 Å². The molecule has 1 aliphatic carbocycles. The second-order valence-corrected chi connectivity index (χ2v) is 9.25. The first kappa shape index (κ1) is 18.5. The molecule has 0 aromatic rings. The number of carbonyl (C=O) groups is 1. The molecule has 134 valence electrons. The summed E-state index contributed by atoms with van der Waals surface area (Å²) in [4.78, 5) is 14.2. The first-order chi connectivity index (χ1) is 10.9. The van der Waals surface area contributed by atoms with Crippen molar-refractivity contribution in [3.05, 3.63) is 0 Å². The van der Waals surface area contributed by atoms with Crippen LogP contribution in [-0.2, 0) is 14.6 Å². The van der Waals surface area contributed by atoms with Crippen molar-refractivity contribution in [2.24, 2.45) is 0 Å². The van der Waals surface area contributed by atoms with E-state index in [4.69, 9.17) is 4.74 Å².